The molecule has 0 aliphatic carbocycles. The van der Waals surface area contributed by atoms with Crippen molar-refractivity contribution in [1.29, 1.82) is 0 Å². The van der Waals surface area contributed by atoms with Gasteiger partial charge in [-0.25, -0.2) is 18.4 Å². The van der Waals surface area contributed by atoms with Crippen LogP contribution in [0, 0.1) is 12.8 Å². The molecule has 2 aromatic carbocycles. The van der Waals surface area contributed by atoms with Gasteiger partial charge in [0.05, 0.1) is 16.3 Å². The highest BCUT2D eigenvalue weighted by atomic mass is 32.2. The summed E-state index contributed by atoms with van der Waals surface area (Å²) in [6, 6.07) is 16.9. The summed E-state index contributed by atoms with van der Waals surface area (Å²) in [5.74, 6) is 0.399. The van der Waals surface area contributed by atoms with Gasteiger partial charge in [-0.2, -0.15) is 4.31 Å². The van der Waals surface area contributed by atoms with E-state index in [4.69, 9.17) is 0 Å². The third-order valence-electron chi connectivity index (χ3n) is 7.90. The molecule has 10 heteroatoms. The molecule has 0 saturated carbocycles. The van der Waals surface area contributed by atoms with Gasteiger partial charge in [-0.1, -0.05) is 30.3 Å². The molecule has 40 heavy (non-hydrogen) atoms. The number of amides is 1. The van der Waals surface area contributed by atoms with E-state index in [0.29, 0.717) is 38.3 Å². The van der Waals surface area contributed by atoms with Gasteiger partial charge in [0.1, 0.15) is 5.82 Å². The average Bonchev–Trinajstić information content (AvgIpc) is 3.01. The fourth-order valence-corrected chi connectivity index (χ4v) is 7.18. The first-order valence-corrected chi connectivity index (χ1v) is 15.1. The lowest BCUT2D eigenvalue weighted by molar-refractivity contribution is -0.137. The molecule has 1 amide bonds. The Morgan fingerprint density at radius 1 is 0.850 bits per heavy atom. The number of sulfonamides is 1. The molecule has 6 rings (SSSR count). The van der Waals surface area contributed by atoms with Gasteiger partial charge in [-0.3, -0.25) is 9.78 Å². The Morgan fingerprint density at radius 2 is 1.57 bits per heavy atom. The van der Waals surface area contributed by atoms with E-state index in [1.54, 1.807) is 36.7 Å². The minimum absolute atomic E-state index is 0.0499. The Kier molecular flexibility index (Phi) is 7.20. The lowest BCUT2D eigenvalue weighted by atomic mass is 9.97. The number of piperazine rings is 1. The second-order valence-electron chi connectivity index (χ2n) is 10.4. The summed E-state index contributed by atoms with van der Waals surface area (Å²) in [6.07, 6.45) is 6.65. The summed E-state index contributed by atoms with van der Waals surface area (Å²) < 4.78 is 28.5. The van der Waals surface area contributed by atoms with Crippen LogP contribution in [0.1, 0.15) is 18.7 Å². The fourth-order valence-electron chi connectivity index (χ4n) is 5.65. The van der Waals surface area contributed by atoms with E-state index in [-0.39, 0.29) is 23.3 Å². The maximum atomic E-state index is 13.5. The van der Waals surface area contributed by atoms with Gasteiger partial charge >= 0.3 is 0 Å². The molecule has 0 N–H and O–H groups in total. The maximum absolute atomic E-state index is 13.5. The van der Waals surface area contributed by atoms with Gasteiger partial charge in [0.2, 0.25) is 15.9 Å². The zero-order valence-electron chi connectivity index (χ0n) is 22.5. The molecule has 0 radical (unpaired) electrons. The number of aromatic nitrogens is 3. The summed E-state index contributed by atoms with van der Waals surface area (Å²) in [5.41, 5.74) is 3.77. The van der Waals surface area contributed by atoms with E-state index >= 15 is 0 Å². The number of fused-ring (bicyclic) bond motifs is 1. The van der Waals surface area contributed by atoms with Gasteiger partial charge in [-0.05, 0) is 49.6 Å². The highest BCUT2D eigenvalue weighted by Crippen LogP contribution is 2.29. The number of hydrogen-bond acceptors (Lipinski definition) is 7. The average molecular weight is 557 g/mol. The number of carbonyl (C=O) groups is 1. The number of benzene rings is 2. The summed E-state index contributed by atoms with van der Waals surface area (Å²) in [5, 5.41) is 1.11. The van der Waals surface area contributed by atoms with Crippen molar-refractivity contribution in [2.45, 2.75) is 24.7 Å². The minimum atomic E-state index is -3.71. The molecule has 1 unspecified atom stereocenters. The summed E-state index contributed by atoms with van der Waals surface area (Å²) in [7, 11) is -3.71. The quantitative estimate of drug-likeness (QED) is 0.369. The number of nitrogens with zero attached hydrogens (tertiary/aromatic N) is 6. The van der Waals surface area contributed by atoms with Crippen LogP contribution in [0.4, 0.5) is 5.69 Å². The summed E-state index contributed by atoms with van der Waals surface area (Å²) >= 11 is 0. The van der Waals surface area contributed by atoms with Crippen LogP contribution in [0.25, 0.3) is 22.0 Å². The third kappa shape index (κ3) is 5.16. The number of para-hydroxylation sites is 1. The molecule has 0 spiro atoms. The van der Waals surface area contributed by atoms with Crippen LogP contribution in [-0.4, -0.2) is 77.8 Å². The fraction of sp³-hybridized carbons (Fsp3) is 0.333. The smallest absolute Gasteiger partial charge is 0.243 e. The highest BCUT2D eigenvalue weighted by Gasteiger charge is 2.36. The topological polar surface area (TPSA) is 99.6 Å². The van der Waals surface area contributed by atoms with Crippen molar-refractivity contribution in [2.75, 3.05) is 44.2 Å². The molecule has 2 aliphatic heterocycles. The number of aryl methyl sites for hydroxylation is 1. The van der Waals surface area contributed by atoms with Crippen molar-refractivity contribution < 1.29 is 13.2 Å². The first-order chi connectivity index (χ1) is 19.4. The lowest BCUT2D eigenvalue weighted by Crippen LogP contribution is -2.53. The van der Waals surface area contributed by atoms with Crippen LogP contribution in [0.3, 0.4) is 0 Å². The van der Waals surface area contributed by atoms with Crippen LogP contribution in [0.5, 0.6) is 0 Å². The molecule has 0 bridgehead atoms. The molecule has 4 aromatic rings. The molecule has 2 aliphatic rings. The lowest BCUT2D eigenvalue weighted by Gasteiger charge is -2.39. The van der Waals surface area contributed by atoms with E-state index in [9.17, 15) is 13.2 Å². The molecular formula is C30H32N6O3S. The van der Waals surface area contributed by atoms with Crippen molar-refractivity contribution >= 4 is 32.5 Å². The van der Waals surface area contributed by atoms with Crippen LogP contribution in [0.15, 0.2) is 78.1 Å². The van der Waals surface area contributed by atoms with Crippen molar-refractivity contribution in [3.8, 4) is 11.1 Å². The number of anilines is 1. The molecule has 2 saturated heterocycles. The van der Waals surface area contributed by atoms with Crippen LogP contribution in [0.2, 0.25) is 0 Å². The van der Waals surface area contributed by atoms with Crippen molar-refractivity contribution in [3.63, 3.8) is 0 Å². The number of pyridine rings is 1. The van der Waals surface area contributed by atoms with Crippen LogP contribution < -0.4 is 4.90 Å². The Morgan fingerprint density at radius 3 is 2.33 bits per heavy atom. The first-order valence-electron chi connectivity index (χ1n) is 13.7. The number of piperidine rings is 1. The predicted octanol–water partition coefficient (Wildman–Crippen LogP) is 3.75. The summed E-state index contributed by atoms with van der Waals surface area (Å²) in [4.78, 5) is 30.8. The monoisotopic (exact) mass is 556 g/mol. The van der Waals surface area contributed by atoms with Crippen molar-refractivity contribution in [3.05, 3.63) is 79.0 Å². The SMILES string of the molecule is Cc1ncc(-c2ccc(S(=O)(=O)N3CCCC(C(=O)N4CCN(c5ccnc6ccccc56)CC4)C3)cc2)cn1. The van der Waals surface area contributed by atoms with E-state index in [1.165, 1.54) is 4.31 Å². The Balaban J connectivity index is 1.10. The van der Waals surface area contributed by atoms with E-state index in [0.717, 1.165) is 40.8 Å². The maximum Gasteiger partial charge on any atom is 0.243 e. The molecule has 206 valence electrons. The number of rotatable bonds is 5. The van der Waals surface area contributed by atoms with Gasteiger partial charge in [0.25, 0.3) is 0 Å². The Labute approximate surface area is 234 Å². The van der Waals surface area contributed by atoms with Crippen LogP contribution >= 0.6 is 0 Å². The van der Waals surface area contributed by atoms with Gasteiger partial charge < -0.3 is 9.80 Å². The Bertz CT molecular complexity index is 1610. The largest absolute Gasteiger partial charge is 0.367 e. The molecule has 2 aromatic heterocycles. The van der Waals surface area contributed by atoms with Gasteiger partial charge in [0, 0.05) is 74.5 Å². The van der Waals surface area contributed by atoms with Crippen molar-refractivity contribution in [2.24, 2.45) is 5.92 Å². The molecule has 2 fully saturated rings. The van der Waals surface area contributed by atoms with Crippen molar-refractivity contribution in [1.82, 2.24) is 24.2 Å². The molecular weight excluding hydrogens is 524 g/mol. The third-order valence-corrected chi connectivity index (χ3v) is 9.78. The van der Waals surface area contributed by atoms with E-state index < -0.39 is 10.0 Å². The number of hydrogen-bond donors (Lipinski definition) is 0. The highest BCUT2D eigenvalue weighted by molar-refractivity contribution is 7.89. The predicted molar refractivity (Wildman–Crippen MR) is 154 cm³/mol. The van der Waals surface area contributed by atoms with Gasteiger partial charge in [-0.15, -0.1) is 0 Å². The second-order valence-corrected chi connectivity index (χ2v) is 12.3. The summed E-state index contributed by atoms with van der Waals surface area (Å²) in [6.45, 7) is 5.14. The Hall–Kier alpha value is -3.89. The second kappa shape index (κ2) is 10.9. The minimum Gasteiger partial charge on any atom is -0.367 e. The van der Waals surface area contributed by atoms with E-state index in [1.807, 2.05) is 42.3 Å². The molecule has 1 atom stereocenters. The zero-order valence-corrected chi connectivity index (χ0v) is 23.3. The molecule has 4 heterocycles. The van der Waals surface area contributed by atoms with Gasteiger partial charge in [0.15, 0.2) is 0 Å². The number of carbonyl (C=O) groups excluding carboxylic acids is 1. The van der Waals surface area contributed by atoms with Crippen LogP contribution in [-0.2, 0) is 14.8 Å². The normalized spacial score (nSPS) is 18.7. The first kappa shape index (κ1) is 26.3. The molecule has 9 nitrogen and oxygen atoms in total. The standard InChI is InChI=1S/C30H32N6O3S/c1-22-32-19-25(20-33-22)23-8-10-26(11-9-23)40(38,39)36-14-4-5-24(21-36)30(37)35-17-15-34(16-18-35)29-12-13-31-28-7-3-2-6-27(28)29/h2-3,6-13,19-20,24H,4-5,14-18,21H2,1H3. The zero-order chi connectivity index (χ0) is 27.7. The van der Waals surface area contributed by atoms with E-state index in [2.05, 4.69) is 25.9 Å².